The zero-order chi connectivity index (χ0) is 13.9. The fourth-order valence-electron chi connectivity index (χ4n) is 0.881. The third kappa shape index (κ3) is 4.34. The Balaban J connectivity index is 2.84. The lowest BCUT2D eigenvalue weighted by molar-refractivity contribution is -0.141. The highest BCUT2D eigenvalue weighted by Crippen LogP contribution is 2.30. The van der Waals surface area contributed by atoms with Gasteiger partial charge in [0.25, 0.3) is 0 Å². The minimum absolute atomic E-state index is 0.0116. The van der Waals surface area contributed by atoms with Gasteiger partial charge >= 0.3 is 6.18 Å². The van der Waals surface area contributed by atoms with Gasteiger partial charge in [-0.2, -0.15) is 13.2 Å². The molecule has 0 fully saturated rings. The van der Waals surface area contributed by atoms with Gasteiger partial charge in [-0.1, -0.05) is 11.8 Å². The molecule has 1 aromatic rings. The Morgan fingerprint density at radius 3 is 2.56 bits per heavy atom. The first kappa shape index (κ1) is 15.0. The summed E-state index contributed by atoms with van der Waals surface area (Å²) in [6.07, 6.45) is -4.59. The summed E-state index contributed by atoms with van der Waals surface area (Å²) in [4.78, 5) is 19.3. The molecule has 18 heavy (non-hydrogen) atoms. The number of hydrogen-bond acceptors (Lipinski definition) is 4. The van der Waals surface area contributed by atoms with Crippen molar-refractivity contribution in [1.82, 2.24) is 14.9 Å². The average Bonchev–Trinajstić information content (AvgIpc) is 2.23. The maximum atomic E-state index is 12.4. The summed E-state index contributed by atoms with van der Waals surface area (Å²) in [6.45, 7) is 0. The summed E-state index contributed by atoms with van der Waals surface area (Å²) < 4.78 is 37.3. The number of aromatic nitrogens is 2. The molecule has 0 radical (unpaired) electrons. The minimum Gasteiger partial charge on any atom is -0.348 e. The number of alkyl halides is 3. The van der Waals surface area contributed by atoms with Crippen LogP contribution in [-0.2, 0) is 11.0 Å². The number of thioether (sulfide) groups is 1. The summed E-state index contributed by atoms with van der Waals surface area (Å²) in [5, 5.41) is -0.484. The third-order valence-electron chi connectivity index (χ3n) is 1.81. The van der Waals surface area contributed by atoms with Crippen molar-refractivity contribution in [3.63, 3.8) is 0 Å². The van der Waals surface area contributed by atoms with Crippen molar-refractivity contribution in [2.45, 2.75) is 11.2 Å². The van der Waals surface area contributed by atoms with Gasteiger partial charge in [0.2, 0.25) is 11.2 Å². The van der Waals surface area contributed by atoms with Crippen LogP contribution in [0.1, 0.15) is 5.69 Å². The summed E-state index contributed by atoms with van der Waals surface area (Å²) in [7, 11) is 3.11. The van der Waals surface area contributed by atoms with E-state index in [1.807, 2.05) is 0 Å². The van der Waals surface area contributed by atoms with Crippen LogP contribution in [0.3, 0.4) is 0 Å². The van der Waals surface area contributed by atoms with Crippen LogP contribution >= 0.6 is 23.4 Å². The third-order valence-corrected chi connectivity index (χ3v) is 2.87. The van der Waals surface area contributed by atoms with Crippen molar-refractivity contribution < 1.29 is 18.0 Å². The average molecular weight is 300 g/mol. The van der Waals surface area contributed by atoms with Crippen molar-refractivity contribution in [3.8, 4) is 0 Å². The van der Waals surface area contributed by atoms with E-state index in [4.69, 9.17) is 11.6 Å². The second-order valence-electron chi connectivity index (χ2n) is 3.44. The van der Waals surface area contributed by atoms with E-state index in [-0.39, 0.29) is 16.7 Å². The lowest BCUT2D eigenvalue weighted by atomic mass is 10.4. The van der Waals surface area contributed by atoms with E-state index in [0.717, 1.165) is 17.8 Å². The second kappa shape index (κ2) is 5.75. The summed E-state index contributed by atoms with van der Waals surface area (Å²) in [5.41, 5.74) is -1.12. The molecule has 0 saturated carbocycles. The number of carbonyl (C=O) groups excluding carboxylic acids is 1. The number of carbonyl (C=O) groups is 1. The van der Waals surface area contributed by atoms with Gasteiger partial charge in [-0.15, -0.1) is 0 Å². The van der Waals surface area contributed by atoms with E-state index in [0.29, 0.717) is 0 Å². The highest BCUT2D eigenvalue weighted by Gasteiger charge is 2.33. The lowest BCUT2D eigenvalue weighted by Crippen LogP contribution is -2.23. The first-order chi connectivity index (χ1) is 8.20. The zero-order valence-electron chi connectivity index (χ0n) is 9.45. The number of hydrogen-bond donors (Lipinski definition) is 0. The number of nitrogens with zero attached hydrogens (tertiary/aromatic N) is 3. The van der Waals surface area contributed by atoms with E-state index in [2.05, 4.69) is 9.97 Å². The van der Waals surface area contributed by atoms with Crippen molar-refractivity contribution in [2.24, 2.45) is 0 Å². The molecule has 1 amide bonds. The van der Waals surface area contributed by atoms with Crippen molar-refractivity contribution in [3.05, 3.63) is 17.0 Å². The Hall–Kier alpha value is -1.02. The molecule has 9 heteroatoms. The van der Waals surface area contributed by atoms with Gasteiger partial charge < -0.3 is 4.90 Å². The predicted octanol–water partition coefficient (Wildman–Crippen LogP) is 2.33. The molecule has 0 aromatic carbocycles. The molecule has 0 N–H and O–H groups in total. The van der Waals surface area contributed by atoms with Crippen LogP contribution in [0, 0.1) is 0 Å². The van der Waals surface area contributed by atoms with Gasteiger partial charge in [0.15, 0.2) is 5.69 Å². The summed E-state index contributed by atoms with van der Waals surface area (Å²) in [5.74, 6) is -0.249. The largest absolute Gasteiger partial charge is 0.433 e. The standard InChI is InChI=1S/C9H9ClF3N3OS/c1-16(2)7(17)4-18-6-3-5(9(11,12)13)14-8(10)15-6/h3H,4H2,1-2H3. The Morgan fingerprint density at radius 1 is 1.44 bits per heavy atom. The van der Waals surface area contributed by atoms with Gasteiger partial charge in [-0.3, -0.25) is 4.79 Å². The van der Waals surface area contributed by atoms with E-state index in [1.54, 1.807) is 14.1 Å². The molecule has 4 nitrogen and oxygen atoms in total. The van der Waals surface area contributed by atoms with Crippen molar-refractivity contribution in [1.29, 1.82) is 0 Å². The molecule has 0 aliphatic heterocycles. The molecule has 1 heterocycles. The van der Waals surface area contributed by atoms with Crippen molar-refractivity contribution in [2.75, 3.05) is 19.8 Å². The van der Waals surface area contributed by atoms with E-state index in [9.17, 15) is 18.0 Å². The monoisotopic (exact) mass is 299 g/mol. The van der Waals surface area contributed by atoms with E-state index < -0.39 is 17.2 Å². The number of halogens is 4. The Bertz CT molecular complexity index is 453. The maximum Gasteiger partial charge on any atom is 0.433 e. The summed E-state index contributed by atoms with van der Waals surface area (Å²) in [6, 6.07) is 0.763. The molecule has 0 bridgehead atoms. The fraction of sp³-hybridized carbons (Fsp3) is 0.444. The molecule has 0 saturated heterocycles. The van der Waals surface area contributed by atoms with Crippen molar-refractivity contribution >= 4 is 29.3 Å². The molecular weight excluding hydrogens is 291 g/mol. The van der Waals surface area contributed by atoms with Crippen LogP contribution in [0.15, 0.2) is 11.1 Å². The van der Waals surface area contributed by atoms with E-state index in [1.165, 1.54) is 4.90 Å². The normalized spacial score (nSPS) is 11.4. The van der Waals surface area contributed by atoms with E-state index >= 15 is 0 Å². The SMILES string of the molecule is CN(C)C(=O)CSc1cc(C(F)(F)F)nc(Cl)n1. The van der Waals surface area contributed by atoms with Gasteiger partial charge in [-0.05, 0) is 11.6 Å². The molecule has 1 aromatic heterocycles. The predicted molar refractivity (Wildman–Crippen MR) is 61.5 cm³/mol. The van der Waals surface area contributed by atoms with Crippen LogP contribution < -0.4 is 0 Å². The molecule has 0 aliphatic carbocycles. The van der Waals surface area contributed by atoms with Crippen LogP contribution in [0.4, 0.5) is 13.2 Å². The van der Waals surface area contributed by atoms with Crippen LogP contribution in [-0.4, -0.2) is 40.6 Å². The molecular formula is C9H9ClF3N3OS. The minimum atomic E-state index is -4.59. The Labute approximate surface area is 111 Å². The molecule has 1 rings (SSSR count). The first-order valence-corrected chi connectivity index (χ1v) is 6.01. The van der Waals surface area contributed by atoms with Gasteiger partial charge in [-0.25, -0.2) is 9.97 Å². The van der Waals surface area contributed by atoms with Gasteiger partial charge in [0, 0.05) is 20.2 Å². The Morgan fingerprint density at radius 2 is 2.06 bits per heavy atom. The van der Waals surface area contributed by atoms with Gasteiger partial charge in [0.05, 0.1) is 5.75 Å². The lowest BCUT2D eigenvalue weighted by Gasteiger charge is -2.10. The second-order valence-corrected chi connectivity index (χ2v) is 4.77. The molecule has 0 atom stereocenters. The zero-order valence-corrected chi connectivity index (χ0v) is 11.0. The van der Waals surface area contributed by atoms with Crippen LogP contribution in [0.2, 0.25) is 5.28 Å². The topological polar surface area (TPSA) is 46.1 Å². The quantitative estimate of drug-likeness (QED) is 0.488. The first-order valence-electron chi connectivity index (χ1n) is 4.65. The molecule has 100 valence electrons. The van der Waals surface area contributed by atoms with Crippen LogP contribution in [0.5, 0.6) is 0 Å². The maximum absolute atomic E-state index is 12.4. The van der Waals surface area contributed by atoms with Crippen LogP contribution in [0.25, 0.3) is 0 Å². The smallest absolute Gasteiger partial charge is 0.348 e. The molecule has 0 unspecified atom stereocenters. The highest BCUT2D eigenvalue weighted by atomic mass is 35.5. The number of rotatable bonds is 3. The summed E-state index contributed by atoms with van der Waals surface area (Å²) >= 11 is 6.28. The number of amides is 1. The molecule has 0 spiro atoms. The van der Waals surface area contributed by atoms with Gasteiger partial charge in [0.1, 0.15) is 5.03 Å². The highest BCUT2D eigenvalue weighted by molar-refractivity contribution is 7.99. The fourth-order valence-corrected chi connectivity index (χ4v) is 1.99. The Kier molecular flexibility index (Phi) is 4.80. The molecule has 0 aliphatic rings.